The van der Waals surface area contributed by atoms with Crippen molar-refractivity contribution >= 4 is 16.8 Å². The number of aromatic nitrogens is 2. The van der Waals surface area contributed by atoms with Crippen molar-refractivity contribution in [2.45, 2.75) is 38.6 Å². The molecule has 3 rings (SSSR count). The number of hydrogen-bond donors (Lipinski definition) is 2. The van der Waals surface area contributed by atoms with E-state index < -0.39 is 0 Å². The maximum atomic E-state index is 12.4. The average Bonchev–Trinajstić information content (AvgIpc) is 2.98. The Labute approximate surface area is 131 Å². The topological polar surface area (TPSA) is 61.0 Å². The number of fused-ring (bicyclic) bond motifs is 1. The van der Waals surface area contributed by atoms with Crippen LogP contribution in [0.15, 0.2) is 24.3 Å². The first-order valence-corrected chi connectivity index (χ1v) is 8.04. The number of amides is 1. The highest BCUT2D eigenvalue weighted by Gasteiger charge is 2.28. The van der Waals surface area contributed by atoms with E-state index in [1.807, 2.05) is 24.3 Å². The molecule has 2 aromatic rings. The number of benzene rings is 1. The smallest absolute Gasteiger partial charge is 0.272 e. The first kappa shape index (κ1) is 15.0. The number of nitrogens with zero attached hydrogens (tertiary/aromatic N) is 2. The zero-order valence-electron chi connectivity index (χ0n) is 13.4. The van der Waals surface area contributed by atoms with Crippen molar-refractivity contribution in [2.24, 2.45) is 0 Å². The molecule has 1 aromatic carbocycles. The minimum atomic E-state index is -0.109. The molecule has 0 atom stereocenters. The van der Waals surface area contributed by atoms with Crippen molar-refractivity contribution < 1.29 is 4.79 Å². The molecular formula is C17H24N4O. The van der Waals surface area contributed by atoms with Gasteiger partial charge in [0.05, 0.1) is 5.52 Å². The summed E-state index contributed by atoms with van der Waals surface area (Å²) in [6.45, 7) is 7.26. The van der Waals surface area contributed by atoms with E-state index >= 15 is 0 Å². The number of piperidine rings is 1. The van der Waals surface area contributed by atoms with Crippen LogP contribution < -0.4 is 5.32 Å². The van der Waals surface area contributed by atoms with E-state index in [0.29, 0.717) is 12.2 Å². The SMILES string of the molecule is CC(C)(CNC(=O)c1n[nH]c2ccccc12)N1CCCCC1. The number of aromatic amines is 1. The van der Waals surface area contributed by atoms with Crippen LogP contribution in [0.5, 0.6) is 0 Å². The van der Waals surface area contributed by atoms with Gasteiger partial charge in [-0.1, -0.05) is 24.6 Å². The minimum Gasteiger partial charge on any atom is -0.349 e. The molecule has 22 heavy (non-hydrogen) atoms. The lowest BCUT2D eigenvalue weighted by atomic mass is 9.98. The van der Waals surface area contributed by atoms with E-state index in [9.17, 15) is 4.79 Å². The number of rotatable bonds is 4. The molecule has 1 aromatic heterocycles. The van der Waals surface area contributed by atoms with Gasteiger partial charge < -0.3 is 5.32 Å². The normalized spacial score (nSPS) is 16.8. The van der Waals surface area contributed by atoms with Gasteiger partial charge in [0.15, 0.2) is 5.69 Å². The largest absolute Gasteiger partial charge is 0.349 e. The second-order valence-corrected chi connectivity index (χ2v) is 6.66. The molecule has 1 saturated heterocycles. The second-order valence-electron chi connectivity index (χ2n) is 6.66. The Bertz CT molecular complexity index is 655. The molecule has 1 aliphatic rings. The number of carbonyl (C=O) groups is 1. The second kappa shape index (κ2) is 6.08. The first-order chi connectivity index (χ1) is 10.6. The van der Waals surface area contributed by atoms with Crippen LogP contribution in [-0.4, -0.2) is 46.2 Å². The third-order valence-electron chi connectivity index (χ3n) is 4.58. The summed E-state index contributed by atoms with van der Waals surface area (Å²) in [5.41, 5.74) is 1.34. The third-order valence-corrected chi connectivity index (χ3v) is 4.58. The zero-order chi connectivity index (χ0) is 15.6. The van der Waals surface area contributed by atoms with Crippen molar-refractivity contribution in [1.82, 2.24) is 20.4 Å². The number of hydrogen-bond acceptors (Lipinski definition) is 3. The van der Waals surface area contributed by atoms with Gasteiger partial charge in [0.25, 0.3) is 5.91 Å². The Balaban J connectivity index is 1.66. The fraction of sp³-hybridized carbons (Fsp3) is 0.529. The molecule has 5 heteroatoms. The molecule has 0 saturated carbocycles. The van der Waals surface area contributed by atoms with Gasteiger partial charge in [-0.25, -0.2) is 0 Å². The van der Waals surface area contributed by atoms with Crippen LogP contribution in [0.4, 0.5) is 0 Å². The summed E-state index contributed by atoms with van der Waals surface area (Å²) in [6.07, 6.45) is 3.82. The van der Waals surface area contributed by atoms with E-state index in [-0.39, 0.29) is 11.4 Å². The highest BCUT2D eigenvalue weighted by Crippen LogP contribution is 2.20. The average molecular weight is 300 g/mol. The molecule has 0 bridgehead atoms. The van der Waals surface area contributed by atoms with Crippen molar-refractivity contribution in [3.8, 4) is 0 Å². The van der Waals surface area contributed by atoms with Crippen LogP contribution in [0, 0.1) is 0 Å². The predicted molar refractivity (Wildman–Crippen MR) is 87.9 cm³/mol. The standard InChI is InChI=1S/C17H24N4O/c1-17(2,21-10-6-3-7-11-21)12-18-16(22)15-13-8-4-5-9-14(13)19-20-15/h4-5,8-9H,3,6-7,10-12H2,1-2H3,(H,18,22)(H,19,20). The highest BCUT2D eigenvalue weighted by molar-refractivity contribution is 6.04. The van der Waals surface area contributed by atoms with Gasteiger partial charge in [-0.05, 0) is 45.8 Å². The van der Waals surface area contributed by atoms with Gasteiger partial charge in [0.2, 0.25) is 0 Å². The Kier molecular flexibility index (Phi) is 4.16. The maximum Gasteiger partial charge on any atom is 0.272 e. The number of nitrogens with one attached hydrogen (secondary N) is 2. The molecule has 5 nitrogen and oxygen atoms in total. The van der Waals surface area contributed by atoms with Crippen LogP contribution >= 0.6 is 0 Å². The van der Waals surface area contributed by atoms with E-state index in [4.69, 9.17) is 0 Å². The van der Waals surface area contributed by atoms with E-state index in [1.54, 1.807) is 0 Å². The Morgan fingerprint density at radius 2 is 2.00 bits per heavy atom. The van der Waals surface area contributed by atoms with Gasteiger partial charge in [-0.2, -0.15) is 5.10 Å². The van der Waals surface area contributed by atoms with Crippen molar-refractivity contribution in [3.05, 3.63) is 30.0 Å². The monoisotopic (exact) mass is 300 g/mol. The molecule has 1 fully saturated rings. The van der Waals surface area contributed by atoms with Gasteiger partial charge in [0.1, 0.15) is 0 Å². The molecule has 1 aliphatic heterocycles. The van der Waals surface area contributed by atoms with Gasteiger partial charge >= 0.3 is 0 Å². The van der Waals surface area contributed by atoms with E-state index in [2.05, 4.69) is 34.3 Å². The Morgan fingerprint density at radius 1 is 1.27 bits per heavy atom. The molecule has 0 radical (unpaired) electrons. The quantitative estimate of drug-likeness (QED) is 0.912. The summed E-state index contributed by atoms with van der Waals surface area (Å²) in [5.74, 6) is -0.109. The molecule has 2 heterocycles. The fourth-order valence-corrected chi connectivity index (χ4v) is 3.13. The maximum absolute atomic E-state index is 12.4. The lowest BCUT2D eigenvalue weighted by Gasteiger charge is -2.41. The Morgan fingerprint density at radius 3 is 2.77 bits per heavy atom. The van der Waals surface area contributed by atoms with Crippen LogP contribution in [0.1, 0.15) is 43.6 Å². The molecular weight excluding hydrogens is 276 g/mol. The number of carbonyl (C=O) groups excluding carboxylic acids is 1. The molecule has 0 aliphatic carbocycles. The van der Waals surface area contributed by atoms with Crippen molar-refractivity contribution in [2.75, 3.05) is 19.6 Å². The lowest BCUT2D eigenvalue weighted by molar-refractivity contribution is 0.0795. The van der Waals surface area contributed by atoms with E-state index in [0.717, 1.165) is 24.0 Å². The fourth-order valence-electron chi connectivity index (χ4n) is 3.13. The predicted octanol–water partition coefficient (Wildman–Crippen LogP) is 2.56. The van der Waals surface area contributed by atoms with Crippen LogP contribution in [0.3, 0.4) is 0 Å². The summed E-state index contributed by atoms with van der Waals surface area (Å²) in [7, 11) is 0. The van der Waals surface area contributed by atoms with Crippen LogP contribution in [0.2, 0.25) is 0 Å². The summed E-state index contributed by atoms with van der Waals surface area (Å²) < 4.78 is 0. The highest BCUT2D eigenvalue weighted by atomic mass is 16.1. The van der Waals surface area contributed by atoms with Crippen LogP contribution in [-0.2, 0) is 0 Å². The minimum absolute atomic E-state index is 0.0256. The van der Waals surface area contributed by atoms with Gasteiger partial charge in [-0.15, -0.1) is 0 Å². The van der Waals surface area contributed by atoms with Gasteiger partial charge in [0, 0.05) is 17.5 Å². The van der Waals surface area contributed by atoms with Gasteiger partial charge in [-0.3, -0.25) is 14.8 Å². The van der Waals surface area contributed by atoms with Crippen molar-refractivity contribution in [1.29, 1.82) is 0 Å². The van der Waals surface area contributed by atoms with E-state index in [1.165, 1.54) is 19.3 Å². The summed E-state index contributed by atoms with van der Waals surface area (Å²) in [4.78, 5) is 14.9. The zero-order valence-corrected chi connectivity index (χ0v) is 13.4. The lowest BCUT2D eigenvalue weighted by Crippen LogP contribution is -2.53. The summed E-state index contributed by atoms with van der Waals surface area (Å²) in [5, 5.41) is 11.0. The Hall–Kier alpha value is -1.88. The molecule has 1 amide bonds. The molecule has 118 valence electrons. The van der Waals surface area contributed by atoms with Crippen LogP contribution in [0.25, 0.3) is 10.9 Å². The molecule has 0 unspecified atom stereocenters. The molecule has 0 spiro atoms. The van der Waals surface area contributed by atoms with Crippen molar-refractivity contribution in [3.63, 3.8) is 0 Å². The number of likely N-dealkylation sites (tertiary alicyclic amines) is 1. The molecule has 2 N–H and O–H groups in total. The number of para-hydroxylation sites is 1. The third kappa shape index (κ3) is 2.99. The number of H-pyrrole nitrogens is 1. The first-order valence-electron chi connectivity index (χ1n) is 8.04. The summed E-state index contributed by atoms with van der Waals surface area (Å²) in [6, 6.07) is 7.70. The summed E-state index contributed by atoms with van der Waals surface area (Å²) >= 11 is 0.